The molecule has 0 aromatic heterocycles. The first-order valence-electron chi connectivity index (χ1n) is 11.7. The van der Waals surface area contributed by atoms with Crippen molar-refractivity contribution in [2.24, 2.45) is 11.0 Å². The van der Waals surface area contributed by atoms with E-state index < -0.39 is 0 Å². The number of hydrogen-bond acceptors (Lipinski definition) is 5. The summed E-state index contributed by atoms with van der Waals surface area (Å²) in [7, 11) is 0. The number of carbonyl (C=O) groups excluding carboxylic acids is 1. The Morgan fingerprint density at radius 2 is 1.86 bits per heavy atom. The quantitative estimate of drug-likeness (QED) is 0.440. The van der Waals surface area contributed by atoms with Gasteiger partial charge in [-0.1, -0.05) is 60.5 Å². The van der Waals surface area contributed by atoms with E-state index in [0.29, 0.717) is 28.1 Å². The topological polar surface area (TPSA) is 57.2 Å². The Morgan fingerprint density at radius 3 is 2.60 bits per heavy atom. The highest BCUT2D eigenvalue weighted by atomic mass is 35.5. The average Bonchev–Trinajstić information content (AvgIpc) is 3.41. The lowest BCUT2D eigenvalue weighted by Crippen LogP contribution is -2.45. The Morgan fingerprint density at radius 1 is 1.09 bits per heavy atom. The second-order valence-corrected chi connectivity index (χ2v) is 9.48. The van der Waals surface area contributed by atoms with Gasteiger partial charge in [-0.3, -0.25) is 20.2 Å². The summed E-state index contributed by atoms with van der Waals surface area (Å²) in [4.78, 5) is 13.5. The van der Waals surface area contributed by atoms with Crippen LogP contribution in [0.5, 0.6) is 5.75 Å². The number of benzene rings is 3. The summed E-state index contributed by atoms with van der Waals surface area (Å²) in [5, 5.41) is 9.53. The zero-order valence-electron chi connectivity index (χ0n) is 19.5. The number of halogens is 2. The molecule has 5 rings (SSSR count). The fourth-order valence-corrected chi connectivity index (χ4v) is 5.24. The molecular formula is C27H26Cl2N4O2. The van der Waals surface area contributed by atoms with E-state index in [2.05, 4.69) is 11.5 Å². The smallest absolute Gasteiger partial charge is 0.286 e. The number of para-hydroxylation sites is 1. The Balaban J connectivity index is 1.47. The second kappa shape index (κ2) is 9.80. The molecule has 1 N–H and O–H groups in total. The van der Waals surface area contributed by atoms with Crippen LogP contribution in [-0.4, -0.2) is 24.8 Å². The van der Waals surface area contributed by atoms with E-state index in [1.807, 2.05) is 72.4 Å². The van der Waals surface area contributed by atoms with Gasteiger partial charge in [-0.25, -0.2) is 0 Å². The lowest BCUT2D eigenvalue weighted by molar-refractivity contribution is -0.115. The summed E-state index contributed by atoms with van der Waals surface area (Å²) in [6.45, 7) is 5.29. The largest absolute Gasteiger partial charge is 0.494 e. The molecule has 0 bridgehead atoms. The van der Waals surface area contributed by atoms with E-state index in [-0.39, 0.29) is 17.9 Å². The van der Waals surface area contributed by atoms with Crippen molar-refractivity contribution in [2.75, 3.05) is 23.2 Å². The van der Waals surface area contributed by atoms with Crippen LogP contribution in [0, 0.1) is 5.92 Å². The monoisotopic (exact) mass is 508 g/mol. The number of fused-ring (bicyclic) bond motifs is 1. The van der Waals surface area contributed by atoms with E-state index in [0.717, 1.165) is 30.0 Å². The Labute approximate surface area is 215 Å². The van der Waals surface area contributed by atoms with Crippen molar-refractivity contribution < 1.29 is 9.53 Å². The lowest BCUT2D eigenvalue weighted by atomic mass is 9.91. The molecule has 2 atom stereocenters. The van der Waals surface area contributed by atoms with Gasteiger partial charge in [0.1, 0.15) is 11.5 Å². The predicted octanol–water partition coefficient (Wildman–Crippen LogP) is 6.04. The fraction of sp³-hybridized carbons (Fsp3) is 0.259. The van der Waals surface area contributed by atoms with Crippen molar-refractivity contribution in [1.82, 2.24) is 5.43 Å². The number of amides is 1. The van der Waals surface area contributed by atoms with Crippen LogP contribution in [0.25, 0.3) is 0 Å². The zero-order chi connectivity index (χ0) is 24.5. The number of nitrogens with one attached hydrogen (secondary N) is 1. The van der Waals surface area contributed by atoms with Gasteiger partial charge in [0.2, 0.25) is 0 Å². The highest BCUT2D eigenvalue weighted by Crippen LogP contribution is 2.42. The molecule has 8 heteroatoms. The van der Waals surface area contributed by atoms with E-state index in [9.17, 15) is 4.79 Å². The van der Waals surface area contributed by atoms with Crippen LogP contribution in [0.15, 0.2) is 71.8 Å². The second-order valence-electron chi connectivity index (χ2n) is 8.63. The van der Waals surface area contributed by atoms with Crippen molar-refractivity contribution in [3.8, 4) is 5.75 Å². The molecule has 3 aromatic rings. The summed E-state index contributed by atoms with van der Waals surface area (Å²) >= 11 is 12.7. The van der Waals surface area contributed by atoms with Crippen molar-refractivity contribution >= 4 is 46.2 Å². The molecule has 2 aliphatic heterocycles. The molecule has 2 heterocycles. The van der Waals surface area contributed by atoms with Crippen LogP contribution >= 0.6 is 23.2 Å². The van der Waals surface area contributed by atoms with Gasteiger partial charge < -0.3 is 4.74 Å². The summed E-state index contributed by atoms with van der Waals surface area (Å²) in [5.41, 5.74) is 7.44. The molecule has 0 unspecified atom stereocenters. The van der Waals surface area contributed by atoms with Gasteiger partial charge in [-0.2, -0.15) is 5.10 Å². The molecule has 0 spiro atoms. The van der Waals surface area contributed by atoms with Crippen LogP contribution in [0.4, 0.5) is 11.4 Å². The minimum atomic E-state index is -0.226. The van der Waals surface area contributed by atoms with Crippen molar-refractivity contribution in [3.63, 3.8) is 0 Å². The number of ether oxygens (including phenoxy) is 1. The van der Waals surface area contributed by atoms with Crippen LogP contribution in [0.3, 0.4) is 0 Å². The molecule has 0 saturated carbocycles. The molecule has 180 valence electrons. The number of hydrogen-bond donors (Lipinski definition) is 1. The maximum absolute atomic E-state index is 13.5. The maximum Gasteiger partial charge on any atom is 0.286 e. The fourth-order valence-electron chi connectivity index (χ4n) is 4.75. The SMILES string of the molecule is CCOc1ccc([C@H]2[C@@H](C)C(C(=O)NN3CCc4ccccc43)=NN2c2ccc(Cl)cc2Cl)cc1. The average molecular weight is 509 g/mol. The van der Waals surface area contributed by atoms with Crippen molar-refractivity contribution in [1.29, 1.82) is 0 Å². The predicted molar refractivity (Wildman–Crippen MR) is 142 cm³/mol. The summed E-state index contributed by atoms with van der Waals surface area (Å²) in [6, 6.07) is 21.1. The summed E-state index contributed by atoms with van der Waals surface area (Å²) in [6.07, 6.45) is 0.889. The molecule has 0 saturated heterocycles. The van der Waals surface area contributed by atoms with Gasteiger partial charge in [0.25, 0.3) is 5.91 Å². The van der Waals surface area contributed by atoms with Gasteiger partial charge in [0, 0.05) is 17.5 Å². The Kier molecular flexibility index (Phi) is 6.58. The summed E-state index contributed by atoms with van der Waals surface area (Å²) < 4.78 is 5.61. The summed E-state index contributed by atoms with van der Waals surface area (Å²) in [5.74, 6) is 0.375. The number of anilines is 2. The first-order chi connectivity index (χ1) is 17.0. The molecule has 6 nitrogen and oxygen atoms in total. The van der Waals surface area contributed by atoms with Gasteiger partial charge in [0.05, 0.1) is 29.0 Å². The first kappa shape index (κ1) is 23.5. The maximum atomic E-state index is 13.5. The molecule has 0 fully saturated rings. The third-order valence-electron chi connectivity index (χ3n) is 6.43. The van der Waals surface area contributed by atoms with E-state index >= 15 is 0 Å². The van der Waals surface area contributed by atoms with E-state index in [1.54, 1.807) is 12.1 Å². The highest BCUT2D eigenvalue weighted by molar-refractivity contribution is 6.41. The standard InChI is InChI=1S/C27H26Cl2N4O2/c1-3-35-21-11-8-19(9-12-21)26-17(2)25(30-33(26)24-13-10-20(28)16-22(24)29)27(34)31-32-15-14-18-6-4-5-7-23(18)32/h4-13,16-17,26H,3,14-15H2,1-2H3,(H,31,34)/t17-,26+/m0/s1. The molecule has 3 aromatic carbocycles. The highest BCUT2D eigenvalue weighted by Gasteiger charge is 2.40. The van der Waals surface area contributed by atoms with Gasteiger partial charge >= 0.3 is 0 Å². The Bertz CT molecular complexity index is 1280. The molecule has 2 aliphatic rings. The number of hydrazone groups is 1. The number of rotatable bonds is 6. The van der Waals surface area contributed by atoms with Crippen LogP contribution in [-0.2, 0) is 11.2 Å². The van der Waals surface area contributed by atoms with Crippen LogP contribution < -0.4 is 20.2 Å². The third kappa shape index (κ3) is 4.56. The van der Waals surface area contributed by atoms with Crippen molar-refractivity contribution in [3.05, 3.63) is 87.9 Å². The Hall–Kier alpha value is -3.22. The molecule has 35 heavy (non-hydrogen) atoms. The lowest BCUT2D eigenvalue weighted by Gasteiger charge is -2.28. The minimum absolute atomic E-state index is 0.197. The zero-order valence-corrected chi connectivity index (χ0v) is 21.1. The molecule has 1 amide bonds. The molecule has 0 radical (unpaired) electrons. The van der Waals surface area contributed by atoms with E-state index in [1.165, 1.54) is 5.56 Å². The van der Waals surface area contributed by atoms with Crippen molar-refractivity contribution in [2.45, 2.75) is 26.3 Å². The first-order valence-corrected chi connectivity index (χ1v) is 12.4. The number of hydrazine groups is 1. The number of carbonyl (C=O) groups is 1. The third-order valence-corrected chi connectivity index (χ3v) is 6.97. The van der Waals surface area contributed by atoms with E-state index in [4.69, 9.17) is 33.0 Å². The van der Waals surface area contributed by atoms with Gasteiger partial charge in [-0.05, 0) is 60.9 Å². The normalized spacial score (nSPS) is 18.9. The molecule has 0 aliphatic carbocycles. The van der Waals surface area contributed by atoms with Gasteiger partial charge in [0.15, 0.2) is 0 Å². The number of nitrogens with zero attached hydrogens (tertiary/aromatic N) is 3. The van der Waals surface area contributed by atoms with Crippen LogP contribution in [0.1, 0.15) is 31.0 Å². The molecular weight excluding hydrogens is 483 g/mol. The van der Waals surface area contributed by atoms with Gasteiger partial charge in [-0.15, -0.1) is 0 Å². The van der Waals surface area contributed by atoms with Crippen LogP contribution in [0.2, 0.25) is 10.0 Å². The minimum Gasteiger partial charge on any atom is -0.494 e.